The van der Waals surface area contributed by atoms with Gasteiger partial charge in [-0.3, -0.25) is 13.9 Å². The van der Waals surface area contributed by atoms with Crippen LogP contribution in [0.4, 0.5) is 5.69 Å². The summed E-state index contributed by atoms with van der Waals surface area (Å²) in [6.07, 6.45) is 4.01. The maximum Gasteiger partial charge on any atom is 0.242 e. The Morgan fingerprint density at radius 2 is 1.67 bits per heavy atom. The van der Waals surface area contributed by atoms with E-state index in [1.54, 1.807) is 17.0 Å². The van der Waals surface area contributed by atoms with Crippen molar-refractivity contribution in [1.82, 2.24) is 10.2 Å². The number of hydrogen-bond donors (Lipinski definition) is 1. The second-order valence-electron chi connectivity index (χ2n) is 9.35. The lowest BCUT2D eigenvalue weighted by atomic mass is 10.1. The number of amides is 2. The molecular formula is C28H41N3O4S. The molecule has 7 nitrogen and oxygen atoms in total. The zero-order valence-corrected chi connectivity index (χ0v) is 23.1. The predicted octanol–water partition coefficient (Wildman–Crippen LogP) is 4.57. The Kier molecular flexibility index (Phi) is 11.4. The number of sulfonamides is 1. The van der Waals surface area contributed by atoms with Gasteiger partial charge >= 0.3 is 0 Å². The van der Waals surface area contributed by atoms with Crippen molar-refractivity contribution in [3.63, 3.8) is 0 Å². The Bertz CT molecular complexity index is 1100. The van der Waals surface area contributed by atoms with Gasteiger partial charge in [-0.1, -0.05) is 67.8 Å². The maximum absolute atomic E-state index is 13.5. The van der Waals surface area contributed by atoms with E-state index < -0.39 is 16.1 Å². The first kappa shape index (κ1) is 29.4. The molecule has 2 rings (SSSR count). The monoisotopic (exact) mass is 515 g/mol. The fourth-order valence-corrected chi connectivity index (χ4v) is 5.11. The minimum Gasteiger partial charge on any atom is -0.354 e. The van der Waals surface area contributed by atoms with Crippen molar-refractivity contribution in [1.29, 1.82) is 0 Å². The largest absolute Gasteiger partial charge is 0.354 e. The van der Waals surface area contributed by atoms with E-state index in [1.165, 1.54) is 10.6 Å². The molecule has 0 aliphatic carbocycles. The number of nitrogens with one attached hydrogen (secondary N) is 1. The molecule has 0 aliphatic heterocycles. The molecule has 0 spiro atoms. The van der Waals surface area contributed by atoms with Crippen LogP contribution in [0.2, 0.25) is 0 Å². The summed E-state index contributed by atoms with van der Waals surface area (Å²) < 4.78 is 26.2. The van der Waals surface area contributed by atoms with Crippen LogP contribution < -0.4 is 9.62 Å². The summed E-state index contributed by atoms with van der Waals surface area (Å²) >= 11 is 0. The lowest BCUT2D eigenvalue weighted by Gasteiger charge is -2.31. The fraction of sp³-hybridized carbons (Fsp3) is 0.500. The molecule has 8 heteroatoms. The molecule has 0 unspecified atom stereocenters. The highest BCUT2D eigenvalue weighted by atomic mass is 32.2. The summed E-state index contributed by atoms with van der Waals surface area (Å²) in [5.74, 6) is -0.310. The summed E-state index contributed by atoms with van der Waals surface area (Å²) in [5.41, 5.74) is 3.66. The number of hydrogen-bond acceptors (Lipinski definition) is 4. The highest BCUT2D eigenvalue weighted by Gasteiger charge is 2.28. The van der Waals surface area contributed by atoms with Crippen molar-refractivity contribution >= 4 is 27.5 Å². The first-order valence-corrected chi connectivity index (χ1v) is 14.6. The van der Waals surface area contributed by atoms with E-state index in [0.717, 1.165) is 29.5 Å². The molecule has 0 bridgehead atoms. The summed E-state index contributed by atoms with van der Waals surface area (Å²) in [7, 11) is -3.51. The third-order valence-electron chi connectivity index (χ3n) is 6.13. The lowest BCUT2D eigenvalue weighted by molar-refractivity contribution is -0.141. The molecule has 0 saturated heterocycles. The number of unbranched alkanes of at least 4 members (excludes halogenated alkanes) is 1. The molecule has 1 N–H and O–H groups in total. The molecular weight excluding hydrogens is 474 g/mol. The molecule has 0 saturated carbocycles. The van der Waals surface area contributed by atoms with Crippen LogP contribution in [0.5, 0.6) is 0 Å². The average Bonchev–Trinajstić information content (AvgIpc) is 2.82. The number of anilines is 1. The zero-order valence-electron chi connectivity index (χ0n) is 22.3. The number of carbonyl (C=O) groups is 2. The van der Waals surface area contributed by atoms with Gasteiger partial charge in [0.05, 0.1) is 11.9 Å². The number of carbonyl (C=O) groups excluding carboxylic acids is 2. The number of aryl methyl sites for hydroxylation is 2. The van der Waals surface area contributed by atoms with Crippen LogP contribution >= 0.6 is 0 Å². The van der Waals surface area contributed by atoms with Gasteiger partial charge in [0.25, 0.3) is 0 Å². The Balaban J connectivity index is 2.19. The summed E-state index contributed by atoms with van der Waals surface area (Å²) in [4.78, 5) is 28.1. The summed E-state index contributed by atoms with van der Waals surface area (Å²) in [6, 6.07) is 14.6. The Morgan fingerprint density at radius 1 is 0.972 bits per heavy atom. The molecule has 0 fully saturated rings. The van der Waals surface area contributed by atoms with Crippen LogP contribution in [0.25, 0.3) is 0 Å². The normalized spacial score (nSPS) is 12.1. The van der Waals surface area contributed by atoms with Gasteiger partial charge in [-0.05, 0) is 50.8 Å². The Morgan fingerprint density at radius 3 is 2.25 bits per heavy atom. The average molecular weight is 516 g/mol. The lowest BCUT2D eigenvalue weighted by Crippen LogP contribution is -2.49. The first-order valence-electron chi connectivity index (χ1n) is 12.7. The van der Waals surface area contributed by atoms with Crippen molar-refractivity contribution in [2.24, 2.45) is 0 Å². The van der Waals surface area contributed by atoms with Gasteiger partial charge in [-0.2, -0.15) is 0 Å². The molecule has 198 valence electrons. The topological polar surface area (TPSA) is 86.8 Å². The van der Waals surface area contributed by atoms with Crippen LogP contribution in [0.3, 0.4) is 0 Å². The van der Waals surface area contributed by atoms with E-state index in [-0.39, 0.29) is 24.8 Å². The van der Waals surface area contributed by atoms with E-state index >= 15 is 0 Å². The molecule has 0 aromatic heterocycles. The van der Waals surface area contributed by atoms with Gasteiger partial charge in [-0.25, -0.2) is 8.42 Å². The number of nitrogens with zero attached hydrogens (tertiary/aromatic N) is 2. The molecule has 0 aliphatic rings. The van der Waals surface area contributed by atoms with Crippen LogP contribution in [0, 0.1) is 13.8 Å². The van der Waals surface area contributed by atoms with Gasteiger partial charge in [-0.15, -0.1) is 0 Å². The third-order valence-corrected chi connectivity index (χ3v) is 7.32. The summed E-state index contributed by atoms with van der Waals surface area (Å²) in [5, 5.41) is 2.97. The SMILES string of the molecule is CCCCNC(=O)[C@H](CC)N(Cc1cccc(C)c1)C(=O)CCCN(c1ccc(C)cc1)S(C)(=O)=O. The van der Waals surface area contributed by atoms with Gasteiger partial charge in [0.1, 0.15) is 6.04 Å². The minimum absolute atomic E-state index is 0.141. The van der Waals surface area contributed by atoms with Gasteiger partial charge in [0, 0.05) is 26.1 Å². The number of benzene rings is 2. The quantitative estimate of drug-likeness (QED) is 0.373. The van der Waals surface area contributed by atoms with Crippen LogP contribution in [-0.2, 0) is 26.2 Å². The molecule has 2 amide bonds. The standard InChI is InChI=1S/C28H41N3O4S/c1-6-8-18-29-28(33)26(7-2)30(21-24-12-9-11-23(4)20-24)27(32)13-10-19-31(36(5,34)35)25-16-14-22(3)15-17-25/h9,11-12,14-17,20,26H,6-8,10,13,18-19,21H2,1-5H3,(H,29,33)/t26-/m0/s1. The Labute approximate surface area is 216 Å². The van der Waals surface area contributed by atoms with E-state index in [0.29, 0.717) is 31.6 Å². The van der Waals surface area contributed by atoms with E-state index in [1.807, 2.05) is 57.2 Å². The second kappa shape index (κ2) is 14.0. The van der Waals surface area contributed by atoms with Crippen LogP contribution in [-0.4, -0.2) is 50.5 Å². The molecule has 36 heavy (non-hydrogen) atoms. The fourth-order valence-electron chi connectivity index (χ4n) is 4.15. The molecule has 2 aromatic carbocycles. The van der Waals surface area contributed by atoms with Crippen molar-refractivity contribution in [3.8, 4) is 0 Å². The molecule has 0 radical (unpaired) electrons. The summed E-state index contributed by atoms with van der Waals surface area (Å²) in [6.45, 7) is 9.00. The van der Waals surface area contributed by atoms with Crippen molar-refractivity contribution < 1.29 is 18.0 Å². The third kappa shape index (κ3) is 8.97. The van der Waals surface area contributed by atoms with Gasteiger partial charge < -0.3 is 10.2 Å². The highest BCUT2D eigenvalue weighted by Crippen LogP contribution is 2.20. The molecule has 0 heterocycles. The van der Waals surface area contributed by atoms with Crippen molar-refractivity contribution in [3.05, 3.63) is 65.2 Å². The number of rotatable bonds is 14. The second-order valence-corrected chi connectivity index (χ2v) is 11.3. The smallest absolute Gasteiger partial charge is 0.242 e. The Hall–Kier alpha value is -2.87. The van der Waals surface area contributed by atoms with E-state index in [9.17, 15) is 18.0 Å². The van der Waals surface area contributed by atoms with Gasteiger partial charge in [0.15, 0.2) is 0 Å². The van der Waals surface area contributed by atoms with Gasteiger partial charge in [0.2, 0.25) is 21.8 Å². The molecule has 1 atom stereocenters. The van der Waals surface area contributed by atoms with Crippen molar-refractivity contribution in [2.45, 2.75) is 72.4 Å². The predicted molar refractivity (Wildman–Crippen MR) is 146 cm³/mol. The zero-order chi connectivity index (χ0) is 26.7. The van der Waals surface area contributed by atoms with Crippen LogP contribution in [0.1, 0.15) is 62.6 Å². The minimum atomic E-state index is -3.51. The first-order chi connectivity index (χ1) is 17.1. The highest BCUT2D eigenvalue weighted by molar-refractivity contribution is 7.92. The van der Waals surface area contributed by atoms with E-state index in [2.05, 4.69) is 12.2 Å². The van der Waals surface area contributed by atoms with Crippen molar-refractivity contribution in [2.75, 3.05) is 23.7 Å². The van der Waals surface area contributed by atoms with Crippen LogP contribution in [0.15, 0.2) is 48.5 Å². The maximum atomic E-state index is 13.5. The van der Waals surface area contributed by atoms with E-state index in [4.69, 9.17) is 0 Å². The molecule has 2 aromatic rings.